The van der Waals surface area contributed by atoms with E-state index >= 15 is 0 Å². The van der Waals surface area contributed by atoms with Gasteiger partial charge in [-0.15, -0.1) is 0 Å². The molecule has 0 aliphatic carbocycles. The van der Waals surface area contributed by atoms with Crippen molar-refractivity contribution < 1.29 is 14.6 Å². The van der Waals surface area contributed by atoms with Gasteiger partial charge >= 0.3 is 5.97 Å². The first kappa shape index (κ1) is 17.3. The summed E-state index contributed by atoms with van der Waals surface area (Å²) < 4.78 is 5.77. The van der Waals surface area contributed by atoms with Crippen LogP contribution in [0.4, 0.5) is 0 Å². The number of hydrogen-bond donors (Lipinski definition) is 1. The highest BCUT2D eigenvalue weighted by Crippen LogP contribution is 2.25. The molecule has 0 aromatic heterocycles. The smallest absolute Gasteiger partial charge is 0.346 e. The van der Waals surface area contributed by atoms with E-state index in [4.69, 9.17) is 26.7 Å². The van der Waals surface area contributed by atoms with E-state index in [9.17, 15) is 4.79 Å². The van der Waals surface area contributed by atoms with E-state index in [0.29, 0.717) is 22.9 Å². The van der Waals surface area contributed by atoms with Crippen LogP contribution >= 0.6 is 11.6 Å². The summed E-state index contributed by atoms with van der Waals surface area (Å²) >= 11 is 5.96. The fourth-order valence-corrected chi connectivity index (χ4v) is 2.71. The number of likely N-dealkylation sites (tertiary alicyclic amines) is 1. The summed E-state index contributed by atoms with van der Waals surface area (Å²) in [4.78, 5) is 13.3. The first-order valence-corrected chi connectivity index (χ1v) is 7.98. The molecular formula is C17H19ClN2O3. The first-order chi connectivity index (χ1) is 11.1. The topological polar surface area (TPSA) is 73.6 Å². The van der Waals surface area contributed by atoms with Crippen LogP contribution in [0.25, 0.3) is 6.08 Å². The molecule has 0 saturated carbocycles. The van der Waals surface area contributed by atoms with Crippen molar-refractivity contribution in [2.75, 3.05) is 26.2 Å². The maximum absolute atomic E-state index is 11.0. The Morgan fingerprint density at radius 1 is 1.39 bits per heavy atom. The molecule has 0 atom stereocenters. The van der Waals surface area contributed by atoms with Crippen LogP contribution in [0, 0.1) is 11.3 Å². The van der Waals surface area contributed by atoms with Crippen LogP contribution in [0.2, 0.25) is 5.02 Å². The van der Waals surface area contributed by atoms with Crippen LogP contribution in [0.15, 0.2) is 23.8 Å². The van der Waals surface area contributed by atoms with E-state index in [1.807, 2.05) is 0 Å². The highest BCUT2D eigenvalue weighted by atomic mass is 35.5. The number of carboxylic acids is 1. The normalized spacial score (nSPS) is 15.9. The minimum absolute atomic E-state index is 0.354. The van der Waals surface area contributed by atoms with Crippen LogP contribution in [0.5, 0.6) is 5.75 Å². The summed E-state index contributed by atoms with van der Waals surface area (Å²) in [5.41, 5.74) is 0.142. The van der Waals surface area contributed by atoms with Crippen LogP contribution in [-0.4, -0.2) is 42.2 Å². The zero-order valence-electron chi connectivity index (χ0n) is 12.8. The Hall–Kier alpha value is -2.03. The molecule has 23 heavy (non-hydrogen) atoms. The lowest BCUT2D eigenvalue weighted by molar-refractivity contribution is -0.132. The van der Waals surface area contributed by atoms with Crippen LogP contribution in [0.3, 0.4) is 0 Å². The Bertz CT molecular complexity index is 631. The van der Waals surface area contributed by atoms with Gasteiger partial charge in [0.1, 0.15) is 24.0 Å². The Labute approximate surface area is 140 Å². The molecule has 2 rings (SSSR count). The molecule has 1 aromatic carbocycles. The summed E-state index contributed by atoms with van der Waals surface area (Å²) in [6.07, 6.45) is 5.01. The number of nitriles is 1. The summed E-state index contributed by atoms with van der Waals surface area (Å²) in [5.74, 6) is -0.743. The Morgan fingerprint density at radius 2 is 2.13 bits per heavy atom. The number of rotatable bonds is 6. The second-order valence-corrected chi connectivity index (χ2v) is 5.84. The van der Waals surface area contributed by atoms with Crippen LogP contribution in [-0.2, 0) is 4.79 Å². The lowest BCUT2D eigenvalue weighted by Gasteiger charge is -2.26. The largest absolute Gasteiger partial charge is 0.492 e. The maximum atomic E-state index is 11.0. The molecular weight excluding hydrogens is 316 g/mol. The Kier molecular flexibility index (Phi) is 6.45. The molecule has 5 nitrogen and oxygen atoms in total. The number of nitrogens with zero attached hydrogens (tertiary/aromatic N) is 2. The van der Waals surface area contributed by atoms with Crippen molar-refractivity contribution in [3.05, 3.63) is 34.4 Å². The van der Waals surface area contributed by atoms with Crippen molar-refractivity contribution >= 4 is 23.6 Å². The van der Waals surface area contributed by atoms with Gasteiger partial charge in [0.15, 0.2) is 0 Å². The number of aliphatic carboxylic acids is 1. The number of ether oxygens (including phenoxy) is 1. The van der Waals surface area contributed by atoms with Crippen molar-refractivity contribution in [2.24, 2.45) is 0 Å². The van der Waals surface area contributed by atoms with Gasteiger partial charge in [-0.05, 0) is 50.2 Å². The zero-order valence-corrected chi connectivity index (χ0v) is 13.6. The van der Waals surface area contributed by atoms with Crippen molar-refractivity contribution in [3.8, 4) is 11.8 Å². The number of carbonyl (C=O) groups is 1. The number of piperidine rings is 1. The predicted molar refractivity (Wildman–Crippen MR) is 88.5 cm³/mol. The highest BCUT2D eigenvalue weighted by molar-refractivity contribution is 6.30. The van der Waals surface area contributed by atoms with Gasteiger partial charge in [-0.1, -0.05) is 18.0 Å². The van der Waals surface area contributed by atoms with E-state index in [-0.39, 0.29) is 5.57 Å². The van der Waals surface area contributed by atoms with Gasteiger partial charge in [0, 0.05) is 17.1 Å². The molecule has 0 amide bonds. The summed E-state index contributed by atoms with van der Waals surface area (Å²) in [5, 5.41) is 18.3. The van der Waals surface area contributed by atoms with Crippen LogP contribution in [0.1, 0.15) is 24.8 Å². The summed E-state index contributed by atoms with van der Waals surface area (Å²) in [7, 11) is 0. The highest BCUT2D eigenvalue weighted by Gasteiger charge is 2.12. The van der Waals surface area contributed by atoms with Gasteiger partial charge in [-0.3, -0.25) is 4.90 Å². The molecule has 1 N–H and O–H groups in total. The predicted octanol–water partition coefficient (Wildman–Crippen LogP) is 3.20. The van der Waals surface area contributed by atoms with E-state index < -0.39 is 5.97 Å². The molecule has 1 fully saturated rings. The molecule has 0 spiro atoms. The monoisotopic (exact) mass is 334 g/mol. The second-order valence-electron chi connectivity index (χ2n) is 5.41. The zero-order chi connectivity index (χ0) is 16.7. The molecule has 6 heteroatoms. The fraction of sp³-hybridized carbons (Fsp3) is 0.412. The molecule has 0 bridgehead atoms. The quantitative estimate of drug-likeness (QED) is 0.638. The fourth-order valence-electron chi connectivity index (χ4n) is 2.53. The average molecular weight is 335 g/mol. The Balaban J connectivity index is 2.06. The minimum atomic E-state index is -1.27. The molecule has 1 aromatic rings. The third kappa shape index (κ3) is 5.27. The van der Waals surface area contributed by atoms with Gasteiger partial charge in [0.25, 0.3) is 0 Å². The van der Waals surface area contributed by atoms with Crippen molar-refractivity contribution in [2.45, 2.75) is 19.3 Å². The standard InChI is InChI=1S/C17H19ClN2O3/c18-15-4-5-16(13(11-15)10-14(12-19)17(21)22)23-9-8-20-6-2-1-3-7-20/h4-5,10-11H,1-3,6-9H2,(H,21,22). The molecule has 0 radical (unpaired) electrons. The molecule has 1 aliphatic heterocycles. The Morgan fingerprint density at radius 3 is 2.78 bits per heavy atom. The van der Waals surface area contributed by atoms with E-state index in [1.54, 1.807) is 24.3 Å². The van der Waals surface area contributed by atoms with Crippen molar-refractivity contribution in [3.63, 3.8) is 0 Å². The van der Waals surface area contributed by atoms with E-state index in [1.165, 1.54) is 25.3 Å². The summed E-state index contributed by atoms with van der Waals surface area (Å²) in [6.45, 7) is 3.52. The van der Waals surface area contributed by atoms with Crippen molar-refractivity contribution in [1.29, 1.82) is 5.26 Å². The molecule has 1 saturated heterocycles. The molecule has 1 heterocycles. The lowest BCUT2D eigenvalue weighted by Crippen LogP contribution is -2.33. The number of benzene rings is 1. The average Bonchev–Trinajstić information content (AvgIpc) is 2.55. The number of carboxylic acid groups (broad SMARTS) is 1. The number of halogens is 1. The van der Waals surface area contributed by atoms with Crippen molar-refractivity contribution in [1.82, 2.24) is 4.90 Å². The maximum Gasteiger partial charge on any atom is 0.346 e. The first-order valence-electron chi connectivity index (χ1n) is 7.60. The van der Waals surface area contributed by atoms with Gasteiger partial charge in [0.2, 0.25) is 0 Å². The van der Waals surface area contributed by atoms with E-state index in [0.717, 1.165) is 19.6 Å². The summed E-state index contributed by atoms with van der Waals surface area (Å²) in [6, 6.07) is 6.63. The third-order valence-electron chi connectivity index (χ3n) is 3.74. The van der Waals surface area contributed by atoms with Gasteiger partial charge in [0.05, 0.1) is 0 Å². The van der Waals surface area contributed by atoms with Gasteiger partial charge < -0.3 is 9.84 Å². The van der Waals surface area contributed by atoms with E-state index in [2.05, 4.69) is 4.90 Å². The lowest BCUT2D eigenvalue weighted by atomic mass is 10.1. The second kappa shape index (κ2) is 8.56. The van der Waals surface area contributed by atoms with Crippen LogP contribution < -0.4 is 4.74 Å². The number of hydrogen-bond acceptors (Lipinski definition) is 4. The van der Waals surface area contributed by atoms with Gasteiger partial charge in [-0.25, -0.2) is 4.79 Å². The third-order valence-corrected chi connectivity index (χ3v) is 3.97. The molecule has 122 valence electrons. The minimum Gasteiger partial charge on any atom is -0.492 e. The SMILES string of the molecule is N#CC(=Cc1cc(Cl)ccc1OCCN1CCCCC1)C(=O)O. The molecule has 0 unspecified atom stereocenters. The van der Waals surface area contributed by atoms with Gasteiger partial charge in [-0.2, -0.15) is 5.26 Å². The molecule has 1 aliphatic rings.